The summed E-state index contributed by atoms with van der Waals surface area (Å²) in [6.07, 6.45) is 3.64. The summed E-state index contributed by atoms with van der Waals surface area (Å²) in [6.45, 7) is 0. The Labute approximate surface area is 128 Å². The smallest absolute Gasteiger partial charge is 0.271 e. The van der Waals surface area contributed by atoms with Gasteiger partial charge in [0, 0.05) is 10.5 Å². The van der Waals surface area contributed by atoms with Crippen molar-refractivity contribution in [1.29, 1.82) is 0 Å². The summed E-state index contributed by atoms with van der Waals surface area (Å²) in [6, 6.07) is 14.8. The number of carbonyl (C=O) groups excluding carboxylic acids is 1. The fourth-order valence-corrected chi connectivity index (χ4v) is 2.09. The van der Waals surface area contributed by atoms with Crippen molar-refractivity contribution in [2.24, 2.45) is 5.10 Å². The third-order valence-electron chi connectivity index (χ3n) is 2.83. The number of amides is 1. The van der Waals surface area contributed by atoms with Gasteiger partial charge in [-0.3, -0.25) is 4.79 Å². The molecule has 2 aromatic carbocycles. The summed E-state index contributed by atoms with van der Waals surface area (Å²) >= 11 is 1.68. The van der Waals surface area contributed by atoms with E-state index in [4.69, 9.17) is 4.74 Å². The molecule has 0 bridgehead atoms. The zero-order valence-corrected chi connectivity index (χ0v) is 12.7. The van der Waals surface area contributed by atoms with Gasteiger partial charge in [-0.2, -0.15) is 5.10 Å². The molecule has 21 heavy (non-hydrogen) atoms. The molecule has 1 N–H and O–H groups in total. The average Bonchev–Trinajstić information content (AvgIpc) is 2.55. The summed E-state index contributed by atoms with van der Waals surface area (Å²) in [5, 5.41) is 3.96. The third kappa shape index (κ3) is 4.36. The van der Waals surface area contributed by atoms with Crippen LogP contribution in [0, 0.1) is 0 Å². The van der Waals surface area contributed by atoms with Crippen LogP contribution in [0.25, 0.3) is 0 Å². The van der Waals surface area contributed by atoms with Crippen molar-refractivity contribution in [3.63, 3.8) is 0 Å². The van der Waals surface area contributed by atoms with E-state index in [-0.39, 0.29) is 5.91 Å². The van der Waals surface area contributed by atoms with Gasteiger partial charge >= 0.3 is 0 Å². The monoisotopic (exact) mass is 300 g/mol. The van der Waals surface area contributed by atoms with Crippen molar-refractivity contribution >= 4 is 23.9 Å². The van der Waals surface area contributed by atoms with Crippen LogP contribution in [-0.4, -0.2) is 25.5 Å². The highest BCUT2D eigenvalue weighted by Gasteiger charge is 2.04. The zero-order chi connectivity index (χ0) is 15.1. The van der Waals surface area contributed by atoms with E-state index in [2.05, 4.69) is 10.5 Å². The lowest BCUT2D eigenvalue weighted by molar-refractivity contribution is 0.0955. The van der Waals surface area contributed by atoms with Gasteiger partial charge in [-0.1, -0.05) is 18.2 Å². The molecule has 0 radical (unpaired) electrons. The van der Waals surface area contributed by atoms with Crippen molar-refractivity contribution < 1.29 is 9.53 Å². The van der Waals surface area contributed by atoms with Crippen molar-refractivity contribution in [1.82, 2.24) is 5.43 Å². The largest absolute Gasteiger partial charge is 0.497 e. The molecule has 0 fully saturated rings. The Bertz CT molecular complexity index is 639. The van der Waals surface area contributed by atoms with Gasteiger partial charge in [-0.05, 0) is 42.2 Å². The van der Waals surface area contributed by atoms with E-state index in [1.165, 1.54) is 4.90 Å². The maximum absolute atomic E-state index is 11.9. The van der Waals surface area contributed by atoms with Crippen LogP contribution in [0.4, 0.5) is 0 Å². The average molecular weight is 300 g/mol. The van der Waals surface area contributed by atoms with Crippen LogP contribution < -0.4 is 10.2 Å². The first-order valence-electron chi connectivity index (χ1n) is 6.34. The molecule has 0 aliphatic rings. The maximum Gasteiger partial charge on any atom is 0.271 e. The second-order valence-corrected chi connectivity index (χ2v) is 5.08. The SMILES string of the molecule is COc1cccc(C(=O)N/N=C/c2ccc(SC)cc2)c1. The molecule has 0 saturated heterocycles. The minimum Gasteiger partial charge on any atom is -0.497 e. The topological polar surface area (TPSA) is 50.7 Å². The first-order valence-corrected chi connectivity index (χ1v) is 7.57. The van der Waals surface area contributed by atoms with E-state index >= 15 is 0 Å². The summed E-state index contributed by atoms with van der Waals surface area (Å²) in [7, 11) is 1.56. The number of thioether (sulfide) groups is 1. The number of carbonyl (C=O) groups is 1. The summed E-state index contributed by atoms with van der Waals surface area (Å²) in [4.78, 5) is 13.1. The van der Waals surface area contributed by atoms with Crippen LogP contribution in [0.3, 0.4) is 0 Å². The molecule has 0 spiro atoms. The van der Waals surface area contributed by atoms with Crippen LogP contribution in [-0.2, 0) is 0 Å². The predicted molar refractivity (Wildman–Crippen MR) is 86.3 cm³/mol. The van der Waals surface area contributed by atoms with Crippen molar-refractivity contribution in [2.45, 2.75) is 4.90 Å². The number of nitrogens with one attached hydrogen (secondary N) is 1. The Morgan fingerprint density at radius 3 is 2.67 bits per heavy atom. The number of hydrogen-bond donors (Lipinski definition) is 1. The minimum atomic E-state index is -0.272. The Morgan fingerprint density at radius 2 is 2.00 bits per heavy atom. The molecule has 0 unspecified atom stereocenters. The van der Waals surface area contributed by atoms with Gasteiger partial charge < -0.3 is 4.74 Å². The lowest BCUT2D eigenvalue weighted by atomic mass is 10.2. The Balaban J connectivity index is 1.97. The second kappa shape index (κ2) is 7.50. The number of nitrogens with zero attached hydrogens (tertiary/aromatic N) is 1. The Kier molecular flexibility index (Phi) is 5.40. The Morgan fingerprint density at radius 1 is 1.24 bits per heavy atom. The van der Waals surface area contributed by atoms with Crippen LogP contribution in [0.15, 0.2) is 58.5 Å². The number of methoxy groups -OCH3 is 1. The van der Waals surface area contributed by atoms with Crippen molar-refractivity contribution in [3.05, 3.63) is 59.7 Å². The molecule has 0 saturated carbocycles. The first kappa shape index (κ1) is 15.1. The zero-order valence-electron chi connectivity index (χ0n) is 11.9. The highest BCUT2D eigenvalue weighted by Crippen LogP contribution is 2.14. The first-order chi connectivity index (χ1) is 10.2. The molecule has 1 amide bonds. The molecule has 0 aliphatic heterocycles. The van der Waals surface area contributed by atoms with E-state index < -0.39 is 0 Å². The molecule has 0 aromatic heterocycles. The normalized spacial score (nSPS) is 10.6. The standard InChI is InChI=1S/C16H16N2O2S/c1-20-14-5-3-4-13(10-14)16(19)18-17-11-12-6-8-15(21-2)9-7-12/h3-11H,1-2H3,(H,18,19)/b17-11+. The van der Waals surface area contributed by atoms with Gasteiger partial charge in [-0.25, -0.2) is 5.43 Å². The lowest BCUT2D eigenvalue weighted by Crippen LogP contribution is -2.17. The van der Waals surface area contributed by atoms with Crippen molar-refractivity contribution in [3.8, 4) is 5.75 Å². The van der Waals surface area contributed by atoms with E-state index in [9.17, 15) is 4.79 Å². The highest BCUT2D eigenvalue weighted by molar-refractivity contribution is 7.98. The quantitative estimate of drug-likeness (QED) is 0.524. The van der Waals surface area contributed by atoms with Crippen LogP contribution >= 0.6 is 11.8 Å². The fraction of sp³-hybridized carbons (Fsp3) is 0.125. The summed E-state index contributed by atoms with van der Waals surface area (Å²) in [5.74, 6) is 0.366. The second-order valence-electron chi connectivity index (χ2n) is 4.20. The predicted octanol–water partition coefficient (Wildman–Crippen LogP) is 3.18. The number of ether oxygens (including phenoxy) is 1. The summed E-state index contributed by atoms with van der Waals surface area (Å²) < 4.78 is 5.08. The molecule has 108 valence electrons. The van der Waals surface area contributed by atoms with Crippen molar-refractivity contribution in [2.75, 3.05) is 13.4 Å². The molecular formula is C16H16N2O2S. The number of rotatable bonds is 5. The molecule has 0 aliphatic carbocycles. The third-order valence-corrected chi connectivity index (χ3v) is 3.57. The van der Waals surface area contributed by atoms with Gasteiger partial charge in [0.25, 0.3) is 5.91 Å². The molecule has 0 atom stereocenters. The van der Waals surface area contributed by atoms with Crippen LogP contribution in [0.2, 0.25) is 0 Å². The van der Waals surface area contributed by atoms with E-state index in [1.54, 1.807) is 49.4 Å². The lowest BCUT2D eigenvalue weighted by Gasteiger charge is -2.03. The van der Waals surface area contributed by atoms with Gasteiger partial charge in [-0.15, -0.1) is 11.8 Å². The maximum atomic E-state index is 11.9. The van der Waals surface area contributed by atoms with Gasteiger partial charge in [0.1, 0.15) is 5.75 Å². The molecule has 5 heteroatoms. The van der Waals surface area contributed by atoms with Crippen LogP contribution in [0.1, 0.15) is 15.9 Å². The minimum absolute atomic E-state index is 0.272. The van der Waals surface area contributed by atoms with Gasteiger partial charge in [0.15, 0.2) is 0 Å². The van der Waals surface area contributed by atoms with Gasteiger partial charge in [0.05, 0.1) is 13.3 Å². The molecule has 4 nitrogen and oxygen atoms in total. The van der Waals surface area contributed by atoms with E-state index in [0.717, 1.165) is 5.56 Å². The highest BCUT2D eigenvalue weighted by atomic mass is 32.2. The van der Waals surface area contributed by atoms with E-state index in [1.807, 2.05) is 30.5 Å². The molecular weight excluding hydrogens is 284 g/mol. The van der Waals surface area contributed by atoms with Gasteiger partial charge in [0.2, 0.25) is 0 Å². The number of hydrogen-bond acceptors (Lipinski definition) is 4. The van der Waals surface area contributed by atoms with E-state index in [0.29, 0.717) is 11.3 Å². The number of benzene rings is 2. The number of hydrazone groups is 1. The molecule has 2 rings (SSSR count). The summed E-state index contributed by atoms with van der Waals surface area (Å²) in [5.41, 5.74) is 3.93. The Hall–Kier alpha value is -2.27. The van der Waals surface area contributed by atoms with Crippen LogP contribution in [0.5, 0.6) is 5.75 Å². The molecule has 0 heterocycles. The molecule has 2 aromatic rings. The fourth-order valence-electron chi connectivity index (χ4n) is 1.68.